The maximum atomic E-state index is 10.5. The van der Waals surface area contributed by atoms with Crippen LogP contribution >= 0.6 is 11.3 Å². The number of nitro groups is 3. The molecule has 0 saturated carbocycles. The SMILES string of the molecule is CCc1n[n-]c(CC)c1[N+](=O)[O-].CCc1n[n-]c(CC)c1[N+](=O)[O-].CCc1n[n-]c(CC)c1[N+](=O)[O-].[Cu+].[Cu+].[Cu+].c1ccc2c(c1)sc1ccccc12. The van der Waals surface area contributed by atoms with E-state index in [1.165, 1.54) is 20.2 Å². The van der Waals surface area contributed by atoms with Crippen molar-refractivity contribution in [2.75, 3.05) is 0 Å². The monoisotopic (exact) mass is 877 g/mol. The fraction of sp³-hybridized carbons (Fsp3) is 0.364. The van der Waals surface area contributed by atoms with Crippen molar-refractivity contribution in [2.24, 2.45) is 0 Å². The van der Waals surface area contributed by atoms with Gasteiger partial charge in [0.2, 0.25) is 0 Å². The molecule has 0 amide bonds. The van der Waals surface area contributed by atoms with Gasteiger partial charge in [-0.3, -0.25) is 30.3 Å². The molecule has 290 valence electrons. The summed E-state index contributed by atoms with van der Waals surface area (Å²) in [6.07, 6.45) is 3.35. The van der Waals surface area contributed by atoms with Crippen molar-refractivity contribution < 1.29 is 66.0 Å². The van der Waals surface area contributed by atoms with Gasteiger partial charge >= 0.3 is 51.2 Å². The number of thiophene rings is 1. The molecule has 0 fully saturated rings. The van der Waals surface area contributed by atoms with E-state index in [2.05, 4.69) is 79.1 Å². The van der Waals surface area contributed by atoms with E-state index in [1.54, 1.807) is 0 Å². The van der Waals surface area contributed by atoms with Crippen LogP contribution in [0.5, 0.6) is 0 Å². The van der Waals surface area contributed by atoms with Crippen molar-refractivity contribution in [2.45, 2.75) is 80.1 Å². The van der Waals surface area contributed by atoms with E-state index in [4.69, 9.17) is 0 Å². The van der Waals surface area contributed by atoms with Crippen molar-refractivity contribution >= 4 is 48.6 Å². The molecule has 6 aromatic rings. The standard InChI is InChI=1S/C12H8S.3C7H10N3O2.3Cu/c1-3-7-11-9(5-1)10-6-2-4-8-12(10)13-11;3*1-3-5-7(10(11)12)6(4-2)9-8-5;;;/h1-8H;3*3-4H2,1-2H3;;;/q;3*-1;3*+1. The first-order valence-electron chi connectivity index (χ1n) is 15.9. The molecule has 0 saturated heterocycles. The number of aryl methyl sites for hydroxylation is 6. The normalized spacial score (nSPS) is 9.81. The molecule has 0 radical (unpaired) electrons. The predicted octanol–water partition coefficient (Wildman–Crippen LogP) is 7.26. The first-order valence-corrected chi connectivity index (χ1v) is 16.7. The van der Waals surface area contributed by atoms with Gasteiger partial charge in [-0.25, -0.2) is 0 Å². The molecule has 15 nitrogen and oxygen atoms in total. The molecular formula is C33H38Cu3N9O6S. The molecule has 4 heterocycles. The summed E-state index contributed by atoms with van der Waals surface area (Å²) >= 11 is 1.86. The second-order valence-corrected chi connectivity index (χ2v) is 11.4. The van der Waals surface area contributed by atoms with Gasteiger partial charge in [-0.05, 0) is 50.7 Å². The van der Waals surface area contributed by atoms with Crippen LogP contribution in [0.4, 0.5) is 17.1 Å². The second-order valence-electron chi connectivity index (χ2n) is 10.3. The molecule has 2 aromatic carbocycles. The van der Waals surface area contributed by atoms with E-state index >= 15 is 0 Å². The minimum absolute atomic E-state index is 0. The molecule has 0 spiro atoms. The Bertz CT molecular complexity index is 1770. The second kappa shape index (κ2) is 23.6. The Kier molecular flexibility index (Phi) is 21.8. The first-order chi connectivity index (χ1) is 23.6. The van der Waals surface area contributed by atoms with Gasteiger partial charge in [0.1, 0.15) is 0 Å². The molecule has 19 heteroatoms. The van der Waals surface area contributed by atoms with Crippen LogP contribution in [0.1, 0.15) is 75.7 Å². The number of rotatable bonds is 9. The zero-order valence-electron chi connectivity index (χ0n) is 29.1. The molecule has 0 aliphatic rings. The zero-order valence-corrected chi connectivity index (χ0v) is 32.8. The van der Waals surface area contributed by atoms with Crippen LogP contribution in [-0.2, 0) is 89.7 Å². The number of fused-ring (bicyclic) bond motifs is 3. The summed E-state index contributed by atoms with van der Waals surface area (Å²) in [7, 11) is 0. The Morgan fingerprint density at radius 1 is 0.500 bits per heavy atom. The Hall–Kier alpha value is -3.95. The van der Waals surface area contributed by atoms with E-state index < -0.39 is 14.8 Å². The molecule has 0 aliphatic carbocycles. The average molecular weight is 879 g/mol. The Morgan fingerprint density at radius 3 is 1.00 bits per heavy atom. The molecular weight excluding hydrogens is 841 g/mol. The molecule has 4 aromatic heterocycles. The van der Waals surface area contributed by atoms with Gasteiger partial charge in [0.25, 0.3) is 17.1 Å². The van der Waals surface area contributed by atoms with Crippen molar-refractivity contribution in [1.29, 1.82) is 0 Å². The number of benzene rings is 2. The Morgan fingerprint density at radius 2 is 0.769 bits per heavy atom. The summed E-state index contributed by atoms with van der Waals surface area (Å²) in [5, 5.41) is 56.8. The van der Waals surface area contributed by atoms with E-state index in [-0.39, 0.29) is 68.3 Å². The first kappa shape index (κ1) is 48.0. The molecule has 0 N–H and O–H groups in total. The van der Waals surface area contributed by atoms with Crippen molar-refractivity contribution in [3.63, 3.8) is 0 Å². The third-order valence-electron chi connectivity index (χ3n) is 7.36. The molecule has 0 aliphatic heterocycles. The number of nitrogens with zero attached hydrogens (tertiary/aromatic N) is 9. The maximum absolute atomic E-state index is 10.5. The summed E-state index contributed by atoms with van der Waals surface area (Å²) < 4.78 is 2.76. The molecule has 52 heavy (non-hydrogen) atoms. The van der Waals surface area contributed by atoms with Gasteiger partial charge in [0.15, 0.2) is 0 Å². The summed E-state index contributed by atoms with van der Waals surface area (Å²) in [6, 6.07) is 17.1. The topological polar surface area (TPSA) is 210 Å². The van der Waals surface area contributed by atoms with E-state index in [1.807, 2.05) is 52.9 Å². The summed E-state index contributed by atoms with van der Waals surface area (Å²) in [5.41, 5.74) is 3.19. The van der Waals surface area contributed by atoms with Crippen LogP contribution in [0.15, 0.2) is 48.5 Å². The zero-order chi connectivity index (χ0) is 36.1. The third kappa shape index (κ3) is 11.8. The number of hydrogen-bond acceptors (Lipinski definition) is 10. The summed E-state index contributed by atoms with van der Waals surface area (Å²) in [6.45, 7) is 11.0. The molecule has 0 bridgehead atoms. The van der Waals surface area contributed by atoms with E-state index in [9.17, 15) is 30.3 Å². The Balaban J connectivity index is 0.000000655. The molecule has 0 unspecified atom stereocenters. The van der Waals surface area contributed by atoms with Crippen molar-refractivity contribution in [3.05, 3.63) is 113 Å². The van der Waals surface area contributed by atoms with Crippen LogP contribution in [0.25, 0.3) is 20.2 Å². The van der Waals surface area contributed by atoms with Gasteiger partial charge in [-0.15, -0.1) is 11.3 Å². The average Bonchev–Trinajstić information content (AvgIpc) is 3.91. The number of aromatic nitrogens is 6. The summed E-state index contributed by atoms with van der Waals surface area (Å²) in [5.74, 6) is 0. The fourth-order valence-electron chi connectivity index (χ4n) is 4.88. The van der Waals surface area contributed by atoms with E-state index in [0.29, 0.717) is 72.7 Å². The minimum Gasteiger partial charge on any atom is -0.573 e. The van der Waals surface area contributed by atoms with Crippen molar-refractivity contribution in [1.82, 2.24) is 30.6 Å². The fourth-order valence-corrected chi connectivity index (χ4v) is 5.99. The van der Waals surface area contributed by atoms with Crippen LogP contribution in [-0.4, -0.2) is 30.1 Å². The van der Waals surface area contributed by atoms with E-state index in [0.717, 1.165) is 0 Å². The summed E-state index contributed by atoms with van der Waals surface area (Å²) in [4.78, 5) is 30.4. The third-order valence-corrected chi connectivity index (χ3v) is 8.51. The molecule has 6 rings (SSSR count). The Labute approximate surface area is 336 Å². The van der Waals surface area contributed by atoms with Crippen LogP contribution < -0.4 is 15.3 Å². The number of hydrogen-bond donors (Lipinski definition) is 0. The predicted molar refractivity (Wildman–Crippen MR) is 188 cm³/mol. The van der Waals surface area contributed by atoms with Crippen LogP contribution in [0.3, 0.4) is 0 Å². The van der Waals surface area contributed by atoms with Gasteiger partial charge < -0.3 is 30.6 Å². The van der Waals surface area contributed by atoms with Gasteiger partial charge in [-0.2, -0.15) is 0 Å². The smallest absolute Gasteiger partial charge is 0.573 e. The van der Waals surface area contributed by atoms with Crippen LogP contribution in [0.2, 0.25) is 0 Å². The quantitative estimate of drug-likeness (QED) is 0.0798. The molecule has 0 atom stereocenters. The van der Waals surface area contributed by atoms with Crippen LogP contribution in [0, 0.1) is 30.3 Å². The van der Waals surface area contributed by atoms with Gasteiger partial charge in [-0.1, -0.05) is 95.0 Å². The van der Waals surface area contributed by atoms with Crippen molar-refractivity contribution in [3.8, 4) is 0 Å². The van der Waals surface area contributed by atoms with Gasteiger partial charge in [0.05, 0.1) is 31.9 Å². The largest absolute Gasteiger partial charge is 1.00 e. The minimum atomic E-state index is -0.405. The maximum Gasteiger partial charge on any atom is 1.00 e. The van der Waals surface area contributed by atoms with Gasteiger partial charge in [0, 0.05) is 20.2 Å².